The lowest BCUT2D eigenvalue weighted by Gasteiger charge is -2.22. The van der Waals surface area contributed by atoms with Crippen molar-refractivity contribution in [3.05, 3.63) is 0 Å². The van der Waals surface area contributed by atoms with E-state index in [1.165, 1.54) is 19.3 Å². The summed E-state index contributed by atoms with van der Waals surface area (Å²) in [5.74, 6) is 0. The molecule has 0 aromatic heterocycles. The SMILES string of the molecule is CCCCNOC(=O)NC1CCCCC1. The summed E-state index contributed by atoms with van der Waals surface area (Å²) < 4.78 is 0. The molecule has 0 heterocycles. The summed E-state index contributed by atoms with van der Waals surface area (Å²) in [6.45, 7) is 2.83. The first-order valence-electron chi connectivity index (χ1n) is 6.03. The highest BCUT2D eigenvalue weighted by atomic mass is 16.7. The van der Waals surface area contributed by atoms with Gasteiger partial charge < -0.3 is 10.2 Å². The summed E-state index contributed by atoms with van der Waals surface area (Å²) >= 11 is 0. The fourth-order valence-electron chi connectivity index (χ4n) is 1.81. The predicted molar refractivity (Wildman–Crippen MR) is 59.4 cm³/mol. The smallest absolute Gasteiger partial charge is 0.354 e. The summed E-state index contributed by atoms with van der Waals surface area (Å²) in [7, 11) is 0. The van der Waals surface area contributed by atoms with Gasteiger partial charge in [0.05, 0.1) is 0 Å². The molecule has 1 fully saturated rings. The Morgan fingerprint density at radius 1 is 1.33 bits per heavy atom. The monoisotopic (exact) mass is 214 g/mol. The van der Waals surface area contributed by atoms with E-state index < -0.39 is 0 Å². The Morgan fingerprint density at radius 3 is 2.73 bits per heavy atom. The van der Waals surface area contributed by atoms with E-state index >= 15 is 0 Å². The van der Waals surface area contributed by atoms with Crippen LogP contribution in [0.25, 0.3) is 0 Å². The summed E-state index contributed by atoms with van der Waals surface area (Å²) in [5.41, 5.74) is 2.66. The molecule has 88 valence electrons. The van der Waals surface area contributed by atoms with Crippen molar-refractivity contribution >= 4 is 6.09 Å². The zero-order valence-electron chi connectivity index (χ0n) is 9.55. The van der Waals surface area contributed by atoms with Crippen LogP contribution in [0.5, 0.6) is 0 Å². The first kappa shape index (κ1) is 12.3. The Morgan fingerprint density at radius 2 is 2.07 bits per heavy atom. The summed E-state index contributed by atoms with van der Waals surface area (Å²) in [6, 6.07) is 0.319. The lowest BCUT2D eigenvalue weighted by atomic mass is 9.96. The van der Waals surface area contributed by atoms with Gasteiger partial charge in [0.15, 0.2) is 0 Å². The molecule has 0 bridgehead atoms. The lowest BCUT2D eigenvalue weighted by Crippen LogP contribution is -2.39. The van der Waals surface area contributed by atoms with Gasteiger partial charge in [-0.2, -0.15) is 5.48 Å². The van der Waals surface area contributed by atoms with Gasteiger partial charge in [0.2, 0.25) is 0 Å². The third-order valence-corrected chi connectivity index (χ3v) is 2.72. The minimum Gasteiger partial charge on any atom is -0.354 e. The fraction of sp³-hybridized carbons (Fsp3) is 0.909. The molecule has 1 aliphatic rings. The maximum Gasteiger partial charge on any atom is 0.426 e. The van der Waals surface area contributed by atoms with Gasteiger partial charge in [-0.15, -0.1) is 0 Å². The number of hydrogen-bond donors (Lipinski definition) is 2. The molecule has 0 saturated heterocycles. The Kier molecular flexibility index (Phi) is 6.16. The average Bonchev–Trinajstić information content (AvgIpc) is 2.26. The Balaban J connectivity index is 2.01. The molecular formula is C11H22N2O2. The van der Waals surface area contributed by atoms with Crippen molar-refractivity contribution in [1.82, 2.24) is 10.8 Å². The van der Waals surface area contributed by atoms with Crippen molar-refractivity contribution in [3.8, 4) is 0 Å². The number of hydrogen-bond acceptors (Lipinski definition) is 3. The molecule has 1 saturated carbocycles. The third-order valence-electron chi connectivity index (χ3n) is 2.72. The van der Waals surface area contributed by atoms with Crippen LogP contribution < -0.4 is 10.8 Å². The molecule has 1 amide bonds. The Labute approximate surface area is 91.7 Å². The molecule has 2 N–H and O–H groups in total. The van der Waals surface area contributed by atoms with Crippen LogP contribution in [-0.4, -0.2) is 18.7 Å². The number of rotatable bonds is 5. The fourth-order valence-corrected chi connectivity index (χ4v) is 1.81. The van der Waals surface area contributed by atoms with Crippen LogP contribution in [0.1, 0.15) is 51.9 Å². The number of hydroxylamine groups is 1. The predicted octanol–water partition coefficient (Wildman–Crippen LogP) is 2.35. The second-order valence-corrected chi connectivity index (χ2v) is 4.12. The van der Waals surface area contributed by atoms with Crippen LogP contribution in [0.4, 0.5) is 4.79 Å². The van der Waals surface area contributed by atoms with E-state index in [4.69, 9.17) is 4.84 Å². The van der Waals surface area contributed by atoms with E-state index in [0.29, 0.717) is 6.04 Å². The molecule has 15 heavy (non-hydrogen) atoms. The number of amides is 1. The van der Waals surface area contributed by atoms with Crippen molar-refractivity contribution in [1.29, 1.82) is 0 Å². The molecule has 1 rings (SSSR count). The molecule has 4 nitrogen and oxygen atoms in total. The van der Waals surface area contributed by atoms with Crippen LogP contribution in [-0.2, 0) is 4.84 Å². The summed E-state index contributed by atoms with van der Waals surface area (Å²) in [5, 5.41) is 2.87. The van der Waals surface area contributed by atoms with E-state index in [1.807, 2.05) is 0 Å². The first-order valence-corrected chi connectivity index (χ1v) is 6.03. The van der Waals surface area contributed by atoms with Gasteiger partial charge in [-0.1, -0.05) is 32.6 Å². The van der Waals surface area contributed by atoms with Crippen molar-refractivity contribution in [2.45, 2.75) is 57.9 Å². The zero-order chi connectivity index (χ0) is 10.9. The first-order chi connectivity index (χ1) is 7.33. The zero-order valence-corrected chi connectivity index (χ0v) is 9.55. The molecule has 1 aliphatic carbocycles. The minimum absolute atomic E-state index is 0.319. The van der Waals surface area contributed by atoms with E-state index in [1.54, 1.807) is 0 Å². The third kappa shape index (κ3) is 5.62. The molecule has 0 radical (unpaired) electrons. The van der Waals surface area contributed by atoms with Gasteiger partial charge in [0.1, 0.15) is 0 Å². The van der Waals surface area contributed by atoms with E-state index in [0.717, 1.165) is 32.2 Å². The van der Waals surface area contributed by atoms with Crippen LogP contribution in [0.15, 0.2) is 0 Å². The van der Waals surface area contributed by atoms with Crippen LogP contribution >= 0.6 is 0 Å². The van der Waals surface area contributed by atoms with Crippen LogP contribution in [0.2, 0.25) is 0 Å². The average molecular weight is 214 g/mol. The number of unbranched alkanes of at least 4 members (excludes halogenated alkanes) is 1. The quantitative estimate of drug-likeness (QED) is 0.545. The largest absolute Gasteiger partial charge is 0.426 e. The van der Waals surface area contributed by atoms with E-state index in [-0.39, 0.29) is 6.09 Å². The molecule has 0 atom stereocenters. The second-order valence-electron chi connectivity index (χ2n) is 4.12. The molecule has 0 unspecified atom stereocenters. The lowest BCUT2D eigenvalue weighted by molar-refractivity contribution is 0.0845. The molecule has 0 aliphatic heterocycles. The number of carbonyl (C=O) groups excluding carboxylic acids is 1. The van der Waals surface area contributed by atoms with Crippen LogP contribution in [0.3, 0.4) is 0 Å². The highest BCUT2D eigenvalue weighted by Crippen LogP contribution is 2.17. The molecule has 0 aromatic rings. The maximum absolute atomic E-state index is 11.3. The van der Waals surface area contributed by atoms with Crippen molar-refractivity contribution in [2.24, 2.45) is 0 Å². The van der Waals surface area contributed by atoms with Gasteiger partial charge >= 0.3 is 6.09 Å². The standard InChI is InChI=1S/C11H22N2O2/c1-2-3-9-12-15-11(14)13-10-7-5-4-6-8-10/h10,12H,2-9H2,1H3,(H,13,14). The Bertz CT molecular complexity index is 179. The molecule has 0 aromatic carbocycles. The molecular weight excluding hydrogens is 192 g/mol. The van der Waals surface area contributed by atoms with Gasteiger partial charge in [0.25, 0.3) is 0 Å². The van der Waals surface area contributed by atoms with Crippen molar-refractivity contribution < 1.29 is 9.63 Å². The van der Waals surface area contributed by atoms with E-state index in [9.17, 15) is 4.79 Å². The van der Waals surface area contributed by atoms with Gasteiger partial charge in [-0.05, 0) is 19.3 Å². The van der Waals surface area contributed by atoms with Crippen molar-refractivity contribution in [3.63, 3.8) is 0 Å². The van der Waals surface area contributed by atoms with E-state index in [2.05, 4.69) is 17.7 Å². The second kappa shape index (κ2) is 7.51. The summed E-state index contributed by atoms with van der Waals surface area (Å²) in [6.07, 6.45) is 7.69. The van der Waals surface area contributed by atoms with Crippen LogP contribution in [0, 0.1) is 0 Å². The summed E-state index contributed by atoms with van der Waals surface area (Å²) in [4.78, 5) is 16.1. The van der Waals surface area contributed by atoms with Crippen molar-refractivity contribution in [2.75, 3.05) is 6.54 Å². The number of carbonyl (C=O) groups is 1. The number of nitrogens with one attached hydrogen (secondary N) is 2. The topological polar surface area (TPSA) is 50.4 Å². The normalized spacial score (nSPS) is 17.4. The minimum atomic E-state index is -0.335. The molecule has 4 heteroatoms. The molecule has 0 spiro atoms. The van der Waals surface area contributed by atoms with Gasteiger partial charge in [0, 0.05) is 12.6 Å². The maximum atomic E-state index is 11.3. The Hall–Kier alpha value is -0.770. The van der Waals surface area contributed by atoms with Gasteiger partial charge in [-0.25, -0.2) is 4.79 Å². The highest BCUT2D eigenvalue weighted by Gasteiger charge is 2.15. The van der Waals surface area contributed by atoms with Gasteiger partial charge in [-0.3, -0.25) is 0 Å². The highest BCUT2D eigenvalue weighted by molar-refractivity contribution is 5.67.